The van der Waals surface area contributed by atoms with Crippen molar-refractivity contribution >= 4 is 5.91 Å². The lowest BCUT2D eigenvalue weighted by atomic mass is 10.1. The Kier molecular flexibility index (Phi) is 5.05. The van der Waals surface area contributed by atoms with Gasteiger partial charge in [0.15, 0.2) is 0 Å². The molecule has 0 saturated carbocycles. The third-order valence-corrected chi connectivity index (χ3v) is 2.38. The fraction of sp³-hybridized carbons (Fsp3) is 0.583. The number of nitrogens with one attached hydrogen (secondary N) is 2. The van der Waals surface area contributed by atoms with Gasteiger partial charge < -0.3 is 15.1 Å². The second-order valence-electron chi connectivity index (χ2n) is 3.94. The fourth-order valence-electron chi connectivity index (χ4n) is 1.38. The largest absolute Gasteiger partial charge is 0.465 e. The summed E-state index contributed by atoms with van der Waals surface area (Å²) < 4.78 is 5.36. The highest BCUT2D eigenvalue weighted by Crippen LogP contribution is 2.05. The van der Waals surface area contributed by atoms with Gasteiger partial charge in [-0.1, -0.05) is 13.8 Å². The number of rotatable bonds is 6. The first-order valence-corrected chi connectivity index (χ1v) is 5.67. The van der Waals surface area contributed by atoms with Gasteiger partial charge in [0.05, 0.1) is 6.54 Å². The molecule has 16 heavy (non-hydrogen) atoms. The molecule has 1 aromatic rings. The van der Waals surface area contributed by atoms with Crippen LogP contribution in [-0.4, -0.2) is 19.0 Å². The first kappa shape index (κ1) is 12.8. The van der Waals surface area contributed by atoms with Crippen molar-refractivity contribution < 1.29 is 9.21 Å². The van der Waals surface area contributed by atoms with Gasteiger partial charge >= 0.3 is 0 Å². The van der Waals surface area contributed by atoms with Gasteiger partial charge in [0.25, 0.3) is 0 Å². The molecule has 0 bridgehead atoms. The summed E-state index contributed by atoms with van der Waals surface area (Å²) in [6.45, 7) is 7.87. The Hall–Kier alpha value is -1.29. The van der Waals surface area contributed by atoms with Crippen LogP contribution in [0.3, 0.4) is 0 Å². The van der Waals surface area contributed by atoms with Crippen molar-refractivity contribution in [1.29, 1.82) is 0 Å². The molecular weight excluding hydrogens is 204 g/mol. The van der Waals surface area contributed by atoms with Crippen LogP contribution < -0.4 is 10.6 Å². The van der Waals surface area contributed by atoms with Crippen molar-refractivity contribution in [1.82, 2.24) is 10.6 Å². The second-order valence-corrected chi connectivity index (χ2v) is 3.94. The molecule has 2 N–H and O–H groups in total. The number of furan rings is 1. The van der Waals surface area contributed by atoms with Gasteiger partial charge in [-0.3, -0.25) is 4.79 Å². The normalized spacial score (nSPS) is 12.4. The van der Waals surface area contributed by atoms with Gasteiger partial charge in [0.1, 0.15) is 11.5 Å². The summed E-state index contributed by atoms with van der Waals surface area (Å²) >= 11 is 0. The smallest absolute Gasteiger partial charge is 0.224 e. The van der Waals surface area contributed by atoms with E-state index in [2.05, 4.69) is 10.6 Å². The van der Waals surface area contributed by atoms with Crippen LogP contribution in [0, 0.1) is 12.8 Å². The fourth-order valence-corrected chi connectivity index (χ4v) is 1.38. The van der Waals surface area contributed by atoms with Crippen molar-refractivity contribution in [2.75, 3.05) is 13.1 Å². The topological polar surface area (TPSA) is 54.3 Å². The van der Waals surface area contributed by atoms with E-state index in [1.807, 2.05) is 32.9 Å². The quantitative estimate of drug-likeness (QED) is 0.769. The monoisotopic (exact) mass is 224 g/mol. The van der Waals surface area contributed by atoms with Crippen molar-refractivity contribution in [2.45, 2.75) is 27.3 Å². The SMILES string of the molecule is CCNCC(C)C(=O)NCc1ccc(C)o1. The third kappa shape index (κ3) is 4.06. The van der Waals surface area contributed by atoms with E-state index in [-0.39, 0.29) is 11.8 Å². The first-order chi connectivity index (χ1) is 7.63. The van der Waals surface area contributed by atoms with Crippen LogP contribution in [0.5, 0.6) is 0 Å². The maximum absolute atomic E-state index is 11.6. The highest BCUT2D eigenvalue weighted by Gasteiger charge is 2.11. The van der Waals surface area contributed by atoms with Gasteiger partial charge in [-0.05, 0) is 25.6 Å². The standard InChI is InChI=1S/C12H20N2O2/c1-4-13-7-9(2)12(15)14-8-11-6-5-10(3)16-11/h5-6,9,13H,4,7-8H2,1-3H3,(H,14,15). The average molecular weight is 224 g/mol. The van der Waals surface area contributed by atoms with E-state index in [0.29, 0.717) is 13.1 Å². The Morgan fingerprint density at radius 2 is 2.25 bits per heavy atom. The number of aryl methyl sites for hydroxylation is 1. The van der Waals surface area contributed by atoms with Crippen molar-refractivity contribution in [2.24, 2.45) is 5.92 Å². The Balaban J connectivity index is 2.29. The highest BCUT2D eigenvalue weighted by molar-refractivity contribution is 5.78. The average Bonchev–Trinajstić information content (AvgIpc) is 2.68. The molecular formula is C12H20N2O2. The summed E-state index contributed by atoms with van der Waals surface area (Å²) in [7, 11) is 0. The maximum Gasteiger partial charge on any atom is 0.224 e. The number of carbonyl (C=O) groups is 1. The summed E-state index contributed by atoms with van der Waals surface area (Å²) in [5, 5.41) is 6.00. The third-order valence-electron chi connectivity index (χ3n) is 2.38. The Morgan fingerprint density at radius 3 is 2.81 bits per heavy atom. The van der Waals surface area contributed by atoms with Crippen LogP contribution in [0.4, 0.5) is 0 Å². The summed E-state index contributed by atoms with van der Waals surface area (Å²) in [5.41, 5.74) is 0. The van der Waals surface area contributed by atoms with Crippen molar-refractivity contribution in [3.05, 3.63) is 23.7 Å². The molecule has 0 radical (unpaired) electrons. The lowest BCUT2D eigenvalue weighted by molar-refractivity contribution is -0.124. The number of carbonyl (C=O) groups excluding carboxylic acids is 1. The molecule has 0 fully saturated rings. The summed E-state index contributed by atoms with van der Waals surface area (Å²) in [6.07, 6.45) is 0. The lowest BCUT2D eigenvalue weighted by Gasteiger charge is -2.11. The van der Waals surface area contributed by atoms with Crippen molar-refractivity contribution in [3.8, 4) is 0 Å². The lowest BCUT2D eigenvalue weighted by Crippen LogP contribution is -2.34. The molecule has 4 nitrogen and oxygen atoms in total. The number of hydrogen-bond acceptors (Lipinski definition) is 3. The molecule has 0 aliphatic rings. The van der Waals surface area contributed by atoms with Crippen LogP contribution in [-0.2, 0) is 11.3 Å². The van der Waals surface area contributed by atoms with Crippen molar-refractivity contribution in [3.63, 3.8) is 0 Å². The van der Waals surface area contributed by atoms with Crippen LogP contribution in [0.15, 0.2) is 16.5 Å². The van der Waals surface area contributed by atoms with E-state index < -0.39 is 0 Å². The Morgan fingerprint density at radius 1 is 1.50 bits per heavy atom. The molecule has 90 valence electrons. The van der Waals surface area contributed by atoms with Crippen LogP contribution in [0.1, 0.15) is 25.4 Å². The minimum Gasteiger partial charge on any atom is -0.465 e. The number of hydrogen-bond donors (Lipinski definition) is 2. The van der Waals surface area contributed by atoms with E-state index in [1.54, 1.807) is 0 Å². The van der Waals surface area contributed by atoms with Gasteiger partial charge in [0.2, 0.25) is 5.91 Å². The summed E-state index contributed by atoms with van der Waals surface area (Å²) in [4.78, 5) is 11.6. The molecule has 0 aliphatic heterocycles. The van der Waals surface area contributed by atoms with E-state index >= 15 is 0 Å². The molecule has 0 aromatic carbocycles. The summed E-state index contributed by atoms with van der Waals surface area (Å²) in [5.74, 6) is 1.69. The molecule has 1 unspecified atom stereocenters. The number of amides is 1. The van der Waals surface area contributed by atoms with Gasteiger partial charge in [-0.2, -0.15) is 0 Å². The predicted molar refractivity (Wildman–Crippen MR) is 63.0 cm³/mol. The van der Waals surface area contributed by atoms with Gasteiger partial charge in [-0.25, -0.2) is 0 Å². The Bertz CT molecular complexity index is 334. The maximum atomic E-state index is 11.6. The van der Waals surface area contributed by atoms with Crippen LogP contribution in [0.2, 0.25) is 0 Å². The van der Waals surface area contributed by atoms with Crippen LogP contribution in [0.25, 0.3) is 0 Å². The second kappa shape index (κ2) is 6.33. The zero-order valence-electron chi connectivity index (χ0n) is 10.2. The minimum absolute atomic E-state index is 0.0176. The molecule has 1 aromatic heterocycles. The first-order valence-electron chi connectivity index (χ1n) is 5.67. The minimum atomic E-state index is -0.0176. The summed E-state index contributed by atoms with van der Waals surface area (Å²) in [6, 6.07) is 3.77. The molecule has 0 saturated heterocycles. The molecule has 1 heterocycles. The Labute approximate surface area is 96.4 Å². The molecule has 4 heteroatoms. The molecule has 1 rings (SSSR count). The van der Waals surface area contributed by atoms with Gasteiger partial charge in [0, 0.05) is 12.5 Å². The highest BCUT2D eigenvalue weighted by atomic mass is 16.3. The van der Waals surface area contributed by atoms with E-state index in [4.69, 9.17) is 4.42 Å². The molecule has 0 spiro atoms. The van der Waals surface area contributed by atoms with E-state index in [0.717, 1.165) is 18.1 Å². The molecule has 1 amide bonds. The zero-order chi connectivity index (χ0) is 12.0. The van der Waals surface area contributed by atoms with E-state index in [9.17, 15) is 4.79 Å². The van der Waals surface area contributed by atoms with E-state index in [1.165, 1.54) is 0 Å². The predicted octanol–water partition coefficient (Wildman–Crippen LogP) is 1.45. The molecule has 0 aliphatic carbocycles. The zero-order valence-corrected chi connectivity index (χ0v) is 10.2. The van der Waals surface area contributed by atoms with Crippen LogP contribution >= 0.6 is 0 Å². The van der Waals surface area contributed by atoms with Gasteiger partial charge in [-0.15, -0.1) is 0 Å². The molecule has 1 atom stereocenters.